The standard InChI is InChI=1S/C17H21NO/c1-14(2)19-17-10-6-9-16(13-17)18-12-11-15-7-4-3-5-8-15/h3-10,13-14,18H,11-12H2,1-2H3. The smallest absolute Gasteiger partial charge is 0.121 e. The van der Waals surface area contributed by atoms with Gasteiger partial charge in [-0.25, -0.2) is 0 Å². The number of nitrogens with one attached hydrogen (secondary N) is 1. The molecule has 0 radical (unpaired) electrons. The zero-order valence-corrected chi connectivity index (χ0v) is 11.6. The van der Waals surface area contributed by atoms with Crippen LogP contribution in [0.1, 0.15) is 19.4 Å². The third-order valence-electron chi connectivity index (χ3n) is 2.79. The fourth-order valence-electron chi connectivity index (χ4n) is 1.95. The fourth-order valence-corrected chi connectivity index (χ4v) is 1.95. The van der Waals surface area contributed by atoms with Crippen LogP contribution >= 0.6 is 0 Å². The molecule has 0 aliphatic heterocycles. The van der Waals surface area contributed by atoms with Crippen LogP contribution in [0, 0.1) is 0 Å². The highest BCUT2D eigenvalue weighted by Gasteiger charge is 1.99. The quantitative estimate of drug-likeness (QED) is 0.838. The molecule has 0 aliphatic rings. The highest BCUT2D eigenvalue weighted by Crippen LogP contribution is 2.18. The van der Waals surface area contributed by atoms with Crippen LogP contribution in [0.3, 0.4) is 0 Å². The maximum absolute atomic E-state index is 5.68. The normalized spacial score (nSPS) is 10.5. The third-order valence-corrected chi connectivity index (χ3v) is 2.79. The highest BCUT2D eigenvalue weighted by molar-refractivity contribution is 5.48. The number of ether oxygens (including phenoxy) is 1. The van der Waals surface area contributed by atoms with E-state index < -0.39 is 0 Å². The molecule has 2 rings (SSSR count). The fraction of sp³-hybridized carbons (Fsp3) is 0.294. The van der Waals surface area contributed by atoms with E-state index >= 15 is 0 Å². The largest absolute Gasteiger partial charge is 0.491 e. The van der Waals surface area contributed by atoms with Crippen LogP contribution in [0.25, 0.3) is 0 Å². The van der Waals surface area contributed by atoms with Crippen molar-refractivity contribution in [1.29, 1.82) is 0 Å². The molecule has 100 valence electrons. The number of rotatable bonds is 6. The van der Waals surface area contributed by atoms with Crippen molar-refractivity contribution < 1.29 is 4.74 Å². The molecule has 0 unspecified atom stereocenters. The SMILES string of the molecule is CC(C)Oc1cccc(NCCc2ccccc2)c1. The van der Waals surface area contributed by atoms with Crippen LogP contribution in [-0.2, 0) is 6.42 Å². The molecule has 0 aromatic heterocycles. The summed E-state index contributed by atoms with van der Waals surface area (Å²) in [4.78, 5) is 0. The van der Waals surface area contributed by atoms with Gasteiger partial charge in [-0.15, -0.1) is 0 Å². The van der Waals surface area contributed by atoms with Gasteiger partial charge in [0.05, 0.1) is 6.10 Å². The second-order valence-electron chi connectivity index (χ2n) is 4.86. The van der Waals surface area contributed by atoms with Crippen molar-refractivity contribution in [3.05, 3.63) is 60.2 Å². The van der Waals surface area contributed by atoms with E-state index in [2.05, 4.69) is 35.6 Å². The first-order chi connectivity index (χ1) is 9.24. The zero-order chi connectivity index (χ0) is 13.5. The van der Waals surface area contributed by atoms with E-state index in [4.69, 9.17) is 4.74 Å². The van der Waals surface area contributed by atoms with Gasteiger partial charge in [-0.2, -0.15) is 0 Å². The maximum atomic E-state index is 5.68. The summed E-state index contributed by atoms with van der Waals surface area (Å²) < 4.78 is 5.68. The van der Waals surface area contributed by atoms with E-state index in [-0.39, 0.29) is 6.10 Å². The minimum absolute atomic E-state index is 0.208. The number of benzene rings is 2. The van der Waals surface area contributed by atoms with Gasteiger partial charge in [0.15, 0.2) is 0 Å². The average molecular weight is 255 g/mol. The van der Waals surface area contributed by atoms with E-state index in [1.165, 1.54) is 5.56 Å². The summed E-state index contributed by atoms with van der Waals surface area (Å²) in [6, 6.07) is 18.6. The minimum atomic E-state index is 0.208. The Labute approximate surface area is 115 Å². The monoisotopic (exact) mass is 255 g/mol. The van der Waals surface area contributed by atoms with Crippen LogP contribution in [0.15, 0.2) is 54.6 Å². The van der Waals surface area contributed by atoms with Crippen LogP contribution in [0.2, 0.25) is 0 Å². The number of hydrogen-bond acceptors (Lipinski definition) is 2. The van der Waals surface area contributed by atoms with Crippen molar-refractivity contribution in [3.8, 4) is 5.75 Å². The summed E-state index contributed by atoms with van der Waals surface area (Å²) in [5.74, 6) is 0.916. The van der Waals surface area contributed by atoms with E-state index in [0.717, 1.165) is 24.4 Å². The lowest BCUT2D eigenvalue weighted by Gasteiger charge is -2.12. The Hall–Kier alpha value is -1.96. The van der Waals surface area contributed by atoms with Crippen molar-refractivity contribution in [2.45, 2.75) is 26.4 Å². The first-order valence-electron chi connectivity index (χ1n) is 6.78. The summed E-state index contributed by atoms with van der Waals surface area (Å²) >= 11 is 0. The molecule has 0 bridgehead atoms. The lowest BCUT2D eigenvalue weighted by Crippen LogP contribution is -2.07. The third kappa shape index (κ3) is 4.66. The van der Waals surface area contributed by atoms with Crippen LogP contribution in [0.5, 0.6) is 5.75 Å². The predicted molar refractivity (Wildman–Crippen MR) is 80.8 cm³/mol. The molecular formula is C17H21NO. The molecule has 2 aromatic carbocycles. The summed E-state index contributed by atoms with van der Waals surface area (Å²) in [5, 5.41) is 3.43. The van der Waals surface area contributed by atoms with E-state index in [0.29, 0.717) is 0 Å². The Bertz CT molecular complexity index is 494. The molecule has 0 spiro atoms. The molecule has 19 heavy (non-hydrogen) atoms. The maximum Gasteiger partial charge on any atom is 0.121 e. The lowest BCUT2D eigenvalue weighted by atomic mass is 10.1. The van der Waals surface area contributed by atoms with Gasteiger partial charge in [0.1, 0.15) is 5.75 Å². The van der Waals surface area contributed by atoms with E-state index in [9.17, 15) is 0 Å². The highest BCUT2D eigenvalue weighted by atomic mass is 16.5. The number of hydrogen-bond donors (Lipinski definition) is 1. The molecule has 0 amide bonds. The predicted octanol–water partition coefficient (Wildman–Crippen LogP) is 4.13. The van der Waals surface area contributed by atoms with Crippen LogP contribution < -0.4 is 10.1 Å². The Kier molecular flexibility index (Phi) is 4.85. The molecule has 0 heterocycles. The topological polar surface area (TPSA) is 21.3 Å². The molecule has 0 saturated heterocycles. The molecule has 0 aliphatic carbocycles. The van der Waals surface area contributed by atoms with Gasteiger partial charge in [0.25, 0.3) is 0 Å². The summed E-state index contributed by atoms with van der Waals surface area (Å²) in [7, 11) is 0. The van der Waals surface area contributed by atoms with Crippen molar-refractivity contribution in [2.75, 3.05) is 11.9 Å². The van der Waals surface area contributed by atoms with Gasteiger partial charge in [0.2, 0.25) is 0 Å². The second kappa shape index (κ2) is 6.83. The Balaban J connectivity index is 1.86. The Morgan fingerprint density at radius 2 is 1.79 bits per heavy atom. The van der Waals surface area contributed by atoms with Gasteiger partial charge >= 0.3 is 0 Å². The van der Waals surface area contributed by atoms with Crippen molar-refractivity contribution in [3.63, 3.8) is 0 Å². The molecule has 2 aromatic rings. The van der Waals surface area contributed by atoms with Gasteiger partial charge < -0.3 is 10.1 Å². The van der Waals surface area contributed by atoms with Crippen LogP contribution in [0.4, 0.5) is 5.69 Å². The van der Waals surface area contributed by atoms with E-state index in [1.807, 2.05) is 38.1 Å². The number of anilines is 1. The average Bonchev–Trinajstić information content (AvgIpc) is 2.40. The van der Waals surface area contributed by atoms with Crippen molar-refractivity contribution in [1.82, 2.24) is 0 Å². The van der Waals surface area contributed by atoms with Gasteiger partial charge in [-0.3, -0.25) is 0 Å². The molecule has 1 N–H and O–H groups in total. The van der Waals surface area contributed by atoms with E-state index in [1.54, 1.807) is 0 Å². The first-order valence-corrected chi connectivity index (χ1v) is 6.78. The lowest BCUT2D eigenvalue weighted by molar-refractivity contribution is 0.242. The summed E-state index contributed by atoms with van der Waals surface area (Å²) in [6.45, 7) is 5.00. The van der Waals surface area contributed by atoms with Gasteiger partial charge in [-0.1, -0.05) is 36.4 Å². The molecule has 0 atom stereocenters. The first kappa shape index (κ1) is 13.5. The van der Waals surface area contributed by atoms with Crippen molar-refractivity contribution >= 4 is 5.69 Å². The second-order valence-corrected chi connectivity index (χ2v) is 4.86. The molecule has 0 saturated carbocycles. The van der Waals surface area contributed by atoms with Gasteiger partial charge in [0, 0.05) is 18.3 Å². The van der Waals surface area contributed by atoms with Crippen LogP contribution in [-0.4, -0.2) is 12.6 Å². The minimum Gasteiger partial charge on any atom is -0.491 e. The molecule has 2 heteroatoms. The summed E-state index contributed by atoms with van der Waals surface area (Å²) in [5.41, 5.74) is 2.46. The molecule has 0 fully saturated rings. The molecule has 2 nitrogen and oxygen atoms in total. The Morgan fingerprint density at radius 1 is 1.00 bits per heavy atom. The summed E-state index contributed by atoms with van der Waals surface area (Å²) in [6.07, 6.45) is 1.23. The molecular weight excluding hydrogens is 234 g/mol. The van der Waals surface area contributed by atoms with Crippen molar-refractivity contribution in [2.24, 2.45) is 0 Å². The Morgan fingerprint density at radius 3 is 2.53 bits per heavy atom. The zero-order valence-electron chi connectivity index (χ0n) is 11.6. The van der Waals surface area contributed by atoms with Gasteiger partial charge in [-0.05, 0) is 38.0 Å².